The predicted molar refractivity (Wildman–Crippen MR) is 58.7 cm³/mol. The molecule has 0 bridgehead atoms. The number of rotatable bonds is 1. The van der Waals surface area contributed by atoms with Crippen molar-refractivity contribution in [3.8, 4) is 0 Å². The molecule has 70 valence electrons. The van der Waals surface area contributed by atoms with Gasteiger partial charge in [0.1, 0.15) is 0 Å². The summed E-state index contributed by atoms with van der Waals surface area (Å²) in [7, 11) is 0. The Bertz CT molecular complexity index is 353. The first-order valence-corrected chi connectivity index (χ1v) is 5.39. The van der Waals surface area contributed by atoms with E-state index in [0.29, 0.717) is 0 Å². The third kappa shape index (κ3) is 1.42. The van der Waals surface area contributed by atoms with Crippen LogP contribution in [0.2, 0.25) is 0 Å². The van der Waals surface area contributed by atoms with Gasteiger partial charge in [0.05, 0.1) is 0 Å². The van der Waals surface area contributed by atoms with E-state index in [1.54, 1.807) is 0 Å². The molecule has 1 aromatic rings. The lowest BCUT2D eigenvalue weighted by atomic mass is 9.98. The Morgan fingerprint density at radius 3 is 2.46 bits per heavy atom. The molecular weight excluding hydrogens is 226 g/mol. The Labute approximate surface area is 87.5 Å². The predicted octanol–water partition coefficient (Wildman–Crippen LogP) is 3.01. The van der Waals surface area contributed by atoms with Crippen molar-refractivity contribution in [3.63, 3.8) is 0 Å². The van der Waals surface area contributed by atoms with Crippen LogP contribution >= 0.6 is 15.9 Å². The zero-order valence-electron chi connectivity index (χ0n) is 8.02. The van der Waals surface area contributed by atoms with Gasteiger partial charge in [0.15, 0.2) is 0 Å². The third-order valence-electron chi connectivity index (χ3n) is 2.90. The molecule has 0 aliphatic heterocycles. The molecule has 1 aromatic carbocycles. The van der Waals surface area contributed by atoms with Gasteiger partial charge in [-0.05, 0) is 43.4 Å². The highest BCUT2D eigenvalue weighted by molar-refractivity contribution is 9.10. The van der Waals surface area contributed by atoms with Crippen LogP contribution < -0.4 is 5.73 Å². The van der Waals surface area contributed by atoms with Crippen LogP contribution in [0.15, 0.2) is 16.6 Å². The van der Waals surface area contributed by atoms with Crippen molar-refractivity contribution in [1.29, 1.82) is 0 Å². The maximum Gasteiger partial charge on any atom is 0.0414 e. The highest BCUT2D eigenvalue weighted by Crippen LogP contribution is 2.45. The average Bonchev–Trinajstić information content (AvgIpc) is 2.80. The number of nitrogens with two attached hydrogens (primary N) is 1. The molecule has 1 aliphatic rings. The molecule has 1 fully saturated rings. The third-order valence-corrected chi connectivity index (χ3v) is 4.12. The minimum atomic E-state index is -0.0136. The molecule has 0 saturated heterocycles. The van der Waals surface area contributed by atoms with Gasteiger partial charge >= 0.3 is 0 Å². The molecule has 0 aromatic heterocycles. The average molecular weight is 240 g/mol. The SMILES string of the molecule is Cc1ccc(C2(N)CC2)c(C)c1Br. The summed E-state index contributed by atoms with van der Waals surface area (Å²) < 4.78 is 1.21. The van der Waals surface area contributed by atoms with E-state index in [4.69, 9.17) is 5.73 Å². The minimum Gasteiger partial charge on any atom is -0.321 e. The van der Waals surface area contributed by atoms with Crippen LogP contribution in [-0.4, -0.2) is 0 Å². The highest BCUT2D eigenvalue weighted by Gasteiger charge is 2.41. The maximum atomic E-state index is 6.17. The fourth-order valence-corrected chi connectivity index (χ4v) is 2.11. The summed E-state index contributed by atoms with van der Waals surface area (Å²) in [6.45, 7) is 4.25. The van der Waals surface area contributed by atoms with Crippen molar-refractivity contribution < 1.29 is 0 Å². The van der Waals surface area contributed by atoms with E-state index in [2.05, 4.69) is 41.9 Å². The Balaban J connectivity index is 2.54. The summed E-state index contributed by atoms with van der Waals surface area (Å²) in [6, 6.07) is 4.31. The van der Waals surface area contributed by atoms with Crippen LogP contribution in [0.25, 0.3) is 0 Å². The van der Waals surface area contributed by atoms with Crippen LogP contribution in [0.4, 0.5) is 0 Å². The molecule has 13 heavy (non-hydrogen) atoms. The normalized spacial score (nSPS) is 18.8. The molecule has 0 unspecified atom stereocenters. The smallest absolute Gasteiger partial charge is 0.0414 e. The number of aryl methyl sites for hydroxylation is 1. The van der Waals surface area contributed by atoms with E-state index in [1.807, 2.05) is 0 Å². The van der Waals surface area contributed by atoms with E-state index >= 15 is 0 Å². The van der Waals surface area contributed by atoms with Gasteiger partial charge in [0, 0.05) is 10.0 Å². The summed E-state index contributed by atoms with van der Waals surface area (Å²) in [6.07, 6.45) is 2.26. The van der Waals surface area contributed by atoms with Crippen molar-refractivity contribution in [2.75, 3.05) is 0 Å². The molecule has 1 saturated carbocycles. The molecule has 1 aliphatic carbocycles. The summed E-state index contributed by atoms with van der Waals surface area (Å²) in [4.78, 5) is 0. The molecule has 2 heteroatoms. The van der Waals surface area contributed by atoms with Crippen LogP contribution in [0, 0.1) is 13.8 Å². The fourth-order valence-electron chi connectivity index (χ4n) is 1.76. The second-order valence-electron chi connectivity index (χ2n) is 4.03. The van der Waals surface area contributed by atoms with Crippen LogP contribution in [0.1, 0.15) is 29.5 Å². The first kappa shape index (κ1) is 9.22. The lowest BCUT2D eigenvalue weighted by Crippen LogP contribution is -2.20. The van der Waals surface area contributed by atoms with Crippen molar-refractivity contribution in [3.05, 3.63) is 33.3 Å². The minimum absolute atomic E-state index is 0.0136. The number of hydrogen-bond acceptors (Lipinski definition) is 1. The lowest BCUT2D eigenvalue weighted by molar-refractivity contribution is 0.732. The number of halogens is 1. The summed E-state index contributed by atoms with van der Waals surface area (Å²) >= 11 is 3.59. The highest BCUT2D eigenvalue weighted by atomic mass is 79.9. The number of benzene rings is 1. The van der Waals surface area contributed by atoms with Crippen molar-refractivity contribution >= 4 is 15.9 Å². The van der Waals surface area contributed by atoms with Gasteiger partial charge in [-0.25, -0.2) is 0 Å². The molecule has 0 radical (unpaired) electrons. The summed E-state index contributed by atoms with van der Waals surface area (Å²) in [5, 5.41) is 0. The van der Waals surface area contributed by atoms with Crippen LogP contribution in [-0.2, 0) is 5.54 Å². The van der Waals surface area contributed by atoms with Gasteiger partial charge in [0.25, 0.3) is 0 Å². The van der Waals surface area contributed by atoms with Gasteiger partial charge in [0.2, 0.25) is 0 Å². The first-order valence-electron chi connectivity index (χ1n) is 4.60. The molecule has 2 N–H and O–H groups in total. The summed E-state index contributed by atoms with van der Waals surface area (Å²) in [5.74, 6) is 0. The monoisotopic (exact) mass is 239 g/mol. The summed E-state index contributed by atoms with van der Waals surface area (Å²) in [5.41, 5.74) is 10.1. The van der Waals surface area contributed by atoms with Gasteiger partial charge in [-0.1, -0.05) is 28.1 Å². The van der Waals surface area contributed by atoms with Crippen molar-refractivity contribution in [1.82, 2.24) is 0 Å². The van der Waals surface area contributed by atoms with E-state index < -0.39 is 0 Å². The lowest BCUT2D eigenvalue weighted by Gasteiger charge is -2.15. The Morgan fingerprint density at radius 2 is 1.92 bits per heavy atom. The molecular formula is C11H14BrN. The Kier molecular flexibility index (Phi) is 2.00. The van der Waals surface area contributed by atoms with Crippen LogP contribution in [0.3, 0.4) is 0 Å². The Hall–Kier alpha value is -0.340. The second kappa shape index (κ2) is 2.82. The largest absolute Gasteiger partial charge is 0.321 e. The first-order chi connectivity index (χ1) is 6.04. The van der Waals surface area contributed by atoms with E-state index in [0.717, 1.165) is 12.8 Å². The number of hydrogen-bond donors (Lipinski definition) is 1. The molecule has 2 rings (SSSR count). The quantitative estimate of drug-likeness (QED) is 0.802. The zero-order valence-corrected chi connectivity index (χ0v) is 9.61. The van der Waals surface area contributed by atoms with E-state index in [9.17, 15) is 0 Å². The van der Waals surface area contributed by atoms with Gasteiger partial charge in [-0.15, -0.1) is 0 Å². The molecule has 0 spiro atoms. The standard InChI is InChI=1S/C11H14BrN/c1-7-3-4-9(8(2)10(7)12)11(13)5-6-11/h3-4H,5-6,13H2,1-2H3. The molecule has 0 amide bonds. The van der Waals surface area contributed by atoms with Crippen molar-refractivity contribution in [2.45, 2.75) is 32.2 Å². The Morgan fingerprint density at radius 1 is 1.31 bits per heavy atom. The molecule has 1 nitrogen and oxygen atoms in total. The molecule has 0 heterocycles. The van der Waals surface area contributed by atoms with Gasteiger partial charge in [-0.2, -0.15) is 0 Å². The maximum absolute atomic E-state index is 6.17. The zero-order chi connectivity index (χ0) is 9.64. The van der Waals surface area contributed by atoms with E-state index in [1.165, 1.54) is 21.2 Å². The van der Waals surface area contributed by atoms with Gasteiger partial charge in [-0.3, -0.25) is 0 Å². The van der Waals surface area contributed by atoms with Crippen LogP contribution in [0.5, 0.6) is 0 Å². The van der Waals surface area contributed by atoms with Gasteiger partial charge < -0.3 is 5.73 Å². The van der Waals surface area contributed by atoms with Crippen molar-refractivity contribution in [2.24, 2.45) is 5.73 Å². The molecule has 0 atom stereocenters. The topological polar surface area (TPSA) is 26.0 Å². The second-order valence-corrected chi connectivity index (χ2v) is 4.82. The van der Waals surface area contributed by atoms with E-state index in [-0.39, 0.29) is 5.54 Å². The fraction of sp³-hybridized carbons (Fsp3) is 0.455.